The fraction of sp³-hybridized carbons (Fsp3) is 0.269. The molecule has 3 aromatic rings. The molecule has 0 bridgehead atoms. The first-order chi connectivity index (χ1) is 14.0. The summed E-state index contributed by atoms with van der Waals surface area (Å²) in [6, 6.07) is 25.9. The average molecular weight is 388 g/mol. The second-order valence-corrected chi connectivity index (χ2v) is 7.82. The second kappa shape index (κ2) is 9.92. The Hall–Kier alpha value is -3.07. The zero-order chi connectivity index (χ0) is 20.6. The van der Waals surface area contributed by atoms with E-state index in [2.05, 4.69) is 43.4 Å². The molecule has 3 heteroatoms. The molecule has 3 nitrogen and oxygen atoms in total. The Balaban J connectivity index is 1.65. The Morgan fingerprint density at radius 3 is 2.17 bits per heavy atom. The molecule has 0 aromatic heterocycles. The number of amides is 1. The number of para-hydroxylation sites is 2. The number of hydrogen-bond donors (Lipinski definition) is 1. The summed E-state index contributed by atoms with van der Waals surface area (Å²) in [5.74, 6) is 1.00. The number of carbonyl (C=O) groups excluding carboxylic acids is 1. The van der Waals surface area contributed by atoms with Crippen LogP contribution in [0.15, 0.2) is 78.9 Å². The molecular weight excluding hydrogens is 358 g/mol. The fourth-order valence-corrected chi connectivity index (χ4v) is 3.24. The Morgan fingerprint density at radius 2 is 1.48 bits per heavy atom. The topological polar surface area (TPSA) is 38.3 Å². The van der Waals surface area contributed by atoms with Gasteiger partial charge < -0.3 is 10.1 Å². The monoisotopic (exact) mass is 387 g/mol. The highest BCUT2D eigenvalue weighted by Crippen LogP contribution is 2.27. The van der Waals surface area contributed by atoms with Gasteiger partial charge in [-0.2, -0.15) is 0 Å². The van der Waals surface area contributed by atoms with Crippen molar-refractivity contribution in [1.29, 1.82) is 0 Å². The molecule has 0 radical (unpaired) electrons. The van der Waals surface area contributed by atoms with Gasteiger partial charge in [0.2, 0.25) is 5.91 Å². The first-order valence-electron chi connectivity index (χ1n) is 10.2. The standard InChI is InChI=1S/C26H29NO2/c1-19(2)17-21-13-15-23(16-14-21)20(3)26(28)27-24-11-7-8-12-25(24)29-18-22-9-5-4-6-10-22/h4-16,19-20H,17-18H2,1-3H3,(H,27,28). The SMILES string of the molecule is CC(C)Cc1ccc(C(C)C(=O)Nc2ccccc2OCc2ccccc2)cc1. The predicted molar refractivity (Wildman–Crippen MR) is 119 cm³/mol. The summed E-state index contributed by atoms with van der Waals surface area (Å²) >= 11 is 0. The molecule has 0 aliphatic heterocycles. The van der Waals surface area contributed by atoms with Crippen molar-refractivity contribution in [3.8, 4) is 5.75 Å². The molecule has 1 atom stereocenters. The van der Waals surface area contributed by atoms with Crippen LogP contribution in [0.1, 0.15) is 43.4 Å². The van der Waals surface area contributed by atoms with Crippen molar-refractivity contribution in [2.75, 3.05) is 5.32 Å². The fourth-order valence-electron chi connectivity index (χ4n) is 3.24. The van der Waals surface area contributed by atoms with Crippen molar-refractivity contribution < 1.29 is 9.53 Å². The Bertz CT molecular complexity index is 917. The van der Waals surface area contributed by atoms with Crippen LogP contribution in [0, 0.1) is 5.92 Å². The van der Waals surface area contributed by atoms with Gasteiger partial charge in [-0.15, -0.1) is 0 Å². The third kappa shape index (κ3) is 5.95. The summed E-state index contributed by atoms with van der Waals surface area (Å²) in [5, 5.41) is 3.03. The van der Waals surface area contributed by atoms with E-state index in [9.17, 15) is 4.79 Å². The maximum Gasteiger partial charge on any atom is 0.231 e. The van der Waals surface area contributed by atoms with Crippen molar-refractivity contribution in [3.05, 3.63) is 95.6 Å². The highest BCUT2D eigenvalue weighted by atomic mass is 16.5. The molecule has 0 heterocycles. The van der Waals surface area contributed by atoms with Crippen LogP contribution in [0.2, 0.25) is 0 Å². The number of hydrogen-bond acceptors (Lipinski definition) is 2. The zero-order valence-electron chi connectivity index (χ0n) is 17.4. The minimum atomic E-state index is -0.245. The molecule has 1 amide bonds. The molecule has 29 heavy (non-hydrogen) atoms. The van der Waals surface area contributed by atoms with Gasteiger partial charge >= 0.3 is 0 Å². The van der Waals surface area contributed by atoms with Gasteiger partial charge in [0.15, 0.2) is 0 Å². The van der Waals surface area contributed by atoms with Crippen molar-refractivity contribution in [3.63, 3.8) is 0 Å². The van der Waals surface area contributed by atoms with E-state index in [1.807, 2.05) is 61.5 Å². The molecule has 0 aliphatic carbocycles. The van der Waals surface area contributed by atoms with E-state index in [1.54, 1.807) is 0 Å². The van der Waals surface area contributed by atoms with Crippen LogP contribution in [0.25, 0.3) is 0 Å². The van der Waals surface area contributed by atoms with Crippen molar-refractivity contribution in [2.45, 2.75) is 39.7 Å². The molecule has 1 unspecified atom stereocenters. The van der Waals surface area contributed by atoms with Gasteiger partial charge in [-0.25, -0.2) is 0 Å². The van der Waals surface area contributed by atoms with Crippen LogP contribution >= 0.6 is 0 Å². The Kier molecular flexibility index (Phi) is 7.07. The highest BCUT2D eigenvalue weighted by molar-refractivity contribution is 5.96. The Morgan fingerprint density at radius 1 is 0.828 bits per heavy atom. The second-order valence-electron chi connectivity index (χ2n) is 7.82. The van der Waals surface area contributed by atoms with E-state index in [-0.39, 0.29) is 11.8 Å². The summed E-state index contributed by atoms with van der Waals surface area (Å²) in [7, 11) is 0. The van der Waals surface area contributed by atoms with E-state index in [0.29, 0.717) is 24.0 Å². The van der Waals surface area contributed by atoms with Crippen molar-refractivity contribution in [2.24, 2.45) is 5.92 Å². The molecule has 3 rings (SSSR count). The predicted octanol–water partition coefficient (Wildman–Crippen LogP) is 6.21. The summed E-state index contributed by atoms with van der Waals surface area (Å²) in [5.41, 5.74) is 4.09. The maximum absolute atomic E-state index is 12.8. The van der Waals surface area contributed by atoms with E-state index in [0.717, 1.165) is 17.5 Å². The minimum Gasteiger partial charge on any atom is -0.487 e. The van der Waals surface area contributed by atoms with Gasteiger partial charge in [-0.05, 0) is 48.1 Å². The number of ether oxygens (including phenoxy) is 1. The van der Waals surface area contributed by atoms with Crippen LogP contribution < -0.4 is 10.1 Å². The summed E-state index contributed by atoms with van der Waals surface area (Å²) in [6.07, 6.45) is 1.05. The van der Waals surface area contributed by atoms with Gasteiger partial charge in [-0.3, -0.25) is 4.79 Å². The van der Waals surface area contributed by atoms with Gasteiger partial charge in [-0.1, -0.05) is 80.6 Å². The largest absolute Gasteiger partial charge is 0.487 e. The van der Waals surface area contributed by atoms with E-state index >= 15 is 0 Å². The first-order valence-corrected chi connectivity index (χ1v) is 10.2. The van der Waals surface area contributed by atoms with Crippen LogP contribution in [0.4, 0.5) is 5.69 Å². The van der Waals surface area contributed by atoms with Gasteiger partial charge in [0, 0.05) is 0 Å². The lowest BCUT2D eigenvalue weighted by Gasteiger charge is -2.16. The summed E-state index contributed by atoms with van der Waals surface area (Å²) in [6.45, 7) is 6.81. The van der Waals surface area contributed by atoms with Crippen molar-refractivity contribution in [1.82, 2.24) is 0 Å². The van der Waals surface area contributed by atoms with E-state index in [4.69, 9.17) is 4.74 Å². The van der Waals surface area contributed by atoms with Crippen LogP contribution in [-0.2, 0) is 17.8 Å². The highest BCUT2D eigenvalue weighted by Gasteiger charge is 2.17. The van der Waals surface area contributed by atoms with Crippen LogP contribution in [0.3, 0.4) is 0 Å². The van der Waals surface area contributed by atoms with Crippen molar-refractivity contribution >= 4 is 11.6 Å². The summed E-state index contributed by atoms with van der Waals surface area (Å²) < 4.78 is 5.95. The zero-order valence-corrected chi connectivity index (χ0v) is 17.4. The molecule has 1 N–H and O–H groups in total. The average Bonchev–Trinajstić information content (AvgIpc) is 2.73. The van der Waals surface area contributed by atoms with Gasteiger partial charge in [0.1, 0.15) is 12.4 Å². The molecule has 3 aromatic carbocycles. The molecule has 0 saturated carbocycles. The quantitative estimate of drug-likeness (QED) is 0.499. The van der Waals surface area contributed by atoms with Gasteiger partial charge in [0.05, 0.1) is 11.6 Å². The van der Waals surface area contributed by atoms with E-state index < -0.39 is 0 Å². The third-order valence-electron chi connectivity index (χ3n) is 4.90. The van der Waals surface area contributed by atoms with Crippen LogP contribution in [-0.4, -0.2) is 5.91 Å². The summed E-state index contributed by atoms with van der Waals surface area (Å²) in [4.78, 5) is 12.8. The first kappa shape index (κ1) is 20.7. The lowest BCUT2D eigenvalue weighted by Crippen LogP contribution is -2.19. The van der Waals surface area contributed by atoms with E-state index in [1.165, 1.54) is 5.56 Å². The molecule has 0 saturated heterocycles. The smallest absolute Gasteiger partial charge is 0.231 e. The minimum absolute atomic E-state index is 0.0441. The number of nitrogens with one attached hydrogen (secondary N) is 1. The van der Waals surface area contributed by atoms with Crippen LogP contribution in [0.5, 0.6) is 5.75 Å². The van der Waals surface area contributed by atoms with Gasteiger partial charge in [0.25, 0.3) is 0 Å². The molecule has 0 aliphatic rings. The maximum atomic E-state index is 12.8. The number of carbonyl (C=O) groups is 1. The Labute approximate surface area is 173 Å². The molecule has 150 valence electrons. The number of benzene rings is 3. The number of rotatable bonds is 8. The molecular formula is C26H29NO2. The lowest BCUT2D eigenvalue weighted by molar-refractivity contribution is -0.117. The third-order valence-corrected chi connectivity index (χ3v) is 4.90. The number of anilines is 1. The molecule has 0 spiro atoms. The lowest BCUT2D eigenvalue weighted by atomic mass is 9.96. The normalized spacial score (nSPS) is 11.9. The molecule has 0 fully saturated rings.